The highest BCUT2D eigenvalue weighted by Gasteiger charge is 2.25. The summed E-state index contributed by atoms with van der Waals surface area (Å²) in [6.07, 6.45) is 0.245. The fourth-order valence-corrected chi connectivity index (χ4v) is 3.06. The zero-order chi connectivity index (χ0) is 20.3. The Hall–Kier alpha value is -3.06. The van der Waals surface area contributed by atoms with Crippen LogP contribution >= 0.6 is 11.6 Å². The molecule has 0 saturated carbocycles. The van der Waals surface area contributed by atoms with E-state index >= 15 is 0 Å². The van der Waals surface area contributed by atoms with E-state index in [-0.39, 0.29) is 13.0 Å². The Morgan fingerprint density at radius 2 is 1.82 bits per heavy atom. The maximum atomic E-state index is 13.0. The summed E-state index contributed by atoms with van der Waals surface area (Å²) in [4.78, 5) is 24.6. The van der Waals surface area contributed by atoms with Gasteiger partial charge in [0.2, 0.25) is 0 Å². The Labute approximate surface area is 166 Å². The van der Waals surface area contributed by atoms with Gasteiger partial charge in [0.05, 0.1) is 13.7 Å². The monoisotopic (exact) mass is 401 g/mol. The average Bonchev–Trinajstić information content (AvgIpc) is 3.00. The molecule has 1 aromatic heterocycles. The number of benzene rings is 2. The van der Waals surface area contributed by atoms with Crippen molar-refractivity contribution in [1.82, 2.24) is 14.3 Å². The topological polar surface area (TPSA) is 86.3 Å². The second kappa shape index (κ2) is 8.31. The first kappa shape index (κ1) is 19.7. The lowest BCUT2D eigenvalue weighted by Crippen LogP contribution is -2.32. The van der Waals surface area contributed by atoms with Crippen molar-refractivity contribution in [3.05, 3.63) is 69.6 Å². The first-order valence-corrected chi connectivity index (χ1v) is 9.13. The van der Waals surface area contributed by atoms with Crippen LogP contribution in [-0.2, 0) is 11.3 Å². The van der Waals surface area contributed by atoms with E-state index in [2.05, 4.69) is 5.10 Å². The first-order chi connectivity index (χ1) is 13.4. The van der Waals surface area contributed by atoms with Gasteiger partial charge in [0, 0.05) is 10.6 Å². The molecule has 0 spiro atoms. The lowest BCUT2D eigenvalue weighted by atomic mass is 10.2. The van der Waals surface area contributed by atoms with Crippen LogP contribution in [-0.4, -0.2) is 32.5 Å². The number of rotatable bonds is 7. The summed E-state index contributed by atoms with van der Waals surface area (Å²) in [7, 11) is 1.58. The number of ether oxygens (including phenoxy) is 1. The van der Waals surface area contributed by atoms with Gasteiger partial charge in [-0.15, -0.1) is 5.10 Å². The number of carboxylic acid groups (broad SMARTS) is 1. The Morgan fingerprint density at radius 3 is 2.36 bits per heavy atom. The number of aliphatic carboxylic acids is 1. The number of carboxylic acids is 1. The highest BCUT2D eigenvalue weighted by Crippen LogP contribution is 2.22. The van der Waals surface area contributed by atoms with Gasteiger partial charge in [0.15, 0.2) is 11.9 Å². The molecule has 3 rings (SSSR count). The third-order valence-corrected chi connectivity index (χ3v) is 4.71. The predicted octanol–water partition coefficient (Wildman–Crippen LogP) is 3.46. The van der Waals surface area contributed by atoms with Crippen LogP contribution in [0.1, 0.15) is 24.9 Å². The van der Waals surface area contributed by atoms with Crippen LogP contribution in [0.4, 0.5) is 0 Å². The number of methoxy groups -OCH3 is 1. The third-order valence-electron chi connectivity index (χ3n) is 4.45. The molecule has 0 saturated heterocycles. The van der Waals surface area contributed by atoms with Crippen LogP contribution < -0.4 is 10.4 Å². The molecular formula is C20H20ClN3O4. The molecule has 0 bridgehead atoms. The minimum absolute atomic E-state index is 0.245. The van der Waals surface area contributed by atoms with E-state index in [0.717, 1.165) is 10.2 Å². The van der Waals surface area contributed by atoms with Gasteiger partial charge in [-0.1, -0.05) is 30.7 Å². The molecule has 1 heterocycles. The van der Waals surface area contributed by atoms with Crippen molar-refractivity contribution in [2.45, 2.75) is 25.9 Å². The van der Waals surface area contributed by atoms with E-state index in [4.69, 9.17) is 16.3 Å². The molecule has 3 aromatic rings. The summed E-state index contributed by atoms with van der Waals surface area (Å²) in [5, 5.41) is 14.4. The fourth-order valence-electron chi connectivity index (χ4n) is 2.94. The molecule has 0 radical (unpaired) electrons. The van der Waals surface area contributed by atoms with E-state index < -0.39 is 17.7 Å². The summed E-state index contributed by atoms with van der Waals surface area (Å²) in [6, 6.07) is 13.2. The lowest BCUT2D eigenvalue weighted by Gasteiger charge is -2.08. The molecule has 0 aliphatic heterocycles. The molecule has 0 aliphatic rings. The van der Waals surface area contributed by atoms with Crippen molar-refractivity contribution in [2.24, 2.45) is 0 Å². The van der Waals surface area contributed by atoms with Crippen LogP contribution in [0.25, 0.3) is 11.4 Å². The maximum absolute atomic E-state index is 13.0. The molecule has 7 nitrogen and oxygen atoms in total. The van der Waals surface area contributed by atoms with E-state index in [1.165, 1.54) is 4.57 Å². The van der Waals surface area contributed by atoms with Gasteiger partial charge >= 0.3 is 11.7 Å². The fraction of sp³-hybridized carbons (Fsp3) is 0.250. The van der Waals surface area contributed by atoms with Crippen LogP contribution in [0.3, 0.4) is 0 Å². The summed E-state index contributed by atoms with van der Waals surface area (Å²) >= 11 is 5.96. The number of carbonyl (C=O) groups is 1. The SMILES string of the molecule is CCC(C(=O)O)n1nc(-c2ccc(Cl)cc2)n(Cc2ccc(OC)cc2)c1=O. The molecule has 0 fully saturated rings. The minimum Gasteiger partial charge on any atom is -0.497 e. The number of halogens is 1. The van der Waals surface area contributed by atoms with E-state index in [1.54, 1.807) is 50.4 Å². The highest BCUT2D eigenvalue weighted by atomic mass is 35.5. The molecule has 1 N–H and O–H groups in total. The Bertz CT molecular complexity index is 1020. The average molecular weight is 402 g/mol. The van der Waals surface area contributed by atoms with Gasteiger partial charge in [-0.25, -0.2) is 9.59 Å². The second-order valence-corrected chi connectivity index (χ2v) is 6.69. The van der Waals surface area contributed by atoms with Crippen molar-refractivity contribution >= 4 is 17.6 Å². The van der Waals surface area contributed by atoms with Gasteiger partial charge < -0.3 is 9.84 Å². The van der Waals surface area contributed by atoms with Crippen LogP contribution in [0, 0.1) is 0 Å². The first-order valence-electron chi connectivity index (χ1n) is 8.75. The summed E-state index contributed by atoms with van der Waals surface area (Å²) in [5.41, 5.74) is 1.06. The minimum atomic E-state index is -1.10. The molecule has 1 unspecified atom stereocenters. The van der Waals surface area contributed by atoms with Gasteiger partial charge in [0.25, 0.3) is 0 Å². The molecule has 1 atom stereocenters. The van der Waals surface area contributed by atoms with E-state index in [1.807, 2.05) is 12.1 Å². The third kappa shape index (κ3) is 3.94. The molecule has 0 amide bonds. The van der Waals surface area contributed by atoms with Gasteiger partial charge in [0.1, 0.15) is 5.75 Å². The quantitative estimate of drug-likeness (QED) is 0.655. The summed E-state index contributed by atoms with van der Waals surface area (Å²) in [5.74, 6) is 0.000166. The Balaban J connectivity index is 2.11. The number of aromatic nitrogens is 3. The van der Waals surface area contributed by atoms with Crippen LogP contribution in [0.5, 0.6) is 5.75 Å². The smallest absolute Gasteiger partial charge is 0.347 e. The highest BCUT2D eigenvalue weighted by molar-refractivity contribution is 6.30. The van der Waals surface area contributed by atoms with Gasteiger partial charge in [-0.2, -0.15) is 4.68 Å². The van der Waals surface area contributed by atoms with Crippen LogP contribution in [0.15, 0.2) is 53.3 Å². The molecular weight excluding hydrogens is 382 g/mol. The van der Waals surface area contributed by atoms with E-state index in [9.17, 15) is 14.7 Å². The van der Waals surface area contributed by atoms with Gasteiger partial charge in [-0.3, -0.25) is 4.57 Å². The normalized spacial score (nSPS) is 12.0. The maximum Gasteiger partial charge on any atom is 0.347 e. The lowest BCUT2D eigenvalue weighted by molar-refractivity contribution is -0.141. The van der Waals surface area contributed by atoms with Crippen molar-refractivity contribution in [2.75, 3.05) is 7.11 Å². The van der Waals surface area contributed by atoms with Gasteiger partial charge in [-0.05, 0) is 48.4 Å². The standard InChI is InChI=1S/C20H20ClN3O4/c1-3-17(19(25)26)24-20(27)23(12-13-4-10-16(28-2)11-5-13)18(22-24)14-6-8-15(21)9-7-14/h4-11,17H,3,12H2,1-2H3,(H,25,26). The second-order valence-electron chi connectivity index (χ2n) is 6.25. The Morgan fingerprint density at radius 1 is 1.18 bits per heavy atom. The van der Waals surface area contributed by atoms with Crippen molar-refractivity contribution in [3.63, 3.8) is 0 Å². The van der Waals surface area contributed by atoms with Crippen LogP contribution in [0.2, 0.25) is 5.02 Å². The predicted molar refractivity (Wildman–Crippen MR) is 106 cm³/mol. The molecule has 146 valence electrons. The summed E-state index contributed by atoms with van der Waals surface area (Å²) in [6.45, 7) is 1.95. The molecule has 28 heavy (non-hydrogen) atoms. The molecule has 0 aliphatic carbocycles. The number of hydrogen-bond acceptors (Lipinski definition) is 4. The number of hydrogen-bond donors (Lipinski definition) is 1. The summed E-state index contributed by atoms with van der Waals surface area (Å²) < 4.78 is 7.67. The Kier molecular flexibility index (Phi) is 5.84. The zero-order valence-electron chi connectivity index (χ0n) is 15.5. The van der Waals surface area contributed by atoms with Crippen molar-refractivity contribution in [1.29, 1.82) is 0 Å². The molecule has 8 heteroatoms. The molecule has 2 aromatic carbocycles. The van der Waals surface area contributed by atoms with Crippen molar-refractivity contribution in [3.8, 4) is 17.1 Å². The van der Waals surface area contributed by atoms with Crippen molar-refractivity contribution < 1.29 is 14.6 Å². The number of nitrogens with zero attached hydrogens (tertiary/aromatic N) is 3. The zero-order valence-corrected chi connectivity index (χ0v) is 16.3. The largest absolute Gasteiger partial charge is 0.497 e. The van der Waals surface area contributed by atoms with E-state index in [0.29, 0.717) is 22.2 Å².